The van der Waals surface area contributed by atoms with Crippen LogP contribution in [0, 0.1) is 5.92 Å². The SMILES string of the molecule is C=CC(=O)N1CCC(CN(c2ncnc(N)c2-c2ccc(Oc3ccccc3)cc2)C(C)C)CC1. The minimum atomic E-state index is 0.00900. The zero-order valence-corrected chi connectivity index (χ0v) is 20.4. The number of nitrogens with zero attached hydrogens (tertiary/aromatic N) is 4. The summed E-state index contributed by atoms with van der Waals surface area (Å²) in [5, 5.41) is 0. The molecule has 0 bridgehead atoms. The molecule has 1 fully saturated rings. The average molecular weight is 472 g/mol. The molecule has 3 aromatic rings. The lowest BCUT2D eigenvalue weighted by molar-refractivity contribution is -0.127. The number of para-hydroxylation sites is 1. The number of ether oxygens (including phenoxy) is 1. The Kier molecular flexibility index (Phi) is 7.65. The fraction of sp³-hybridized carbons (Fsp3) is 0.321. The number of carbonyl (C=O) groups excluding carboxylic acids is 1. The fourth-order valence-electron chi connectivity index (χ4n) is 4.48. The van der Waals surface area contributed by atoms with Crippen LogP contribution in [0.3, 0.4) is 0 Å². The first kappa shape index (κ1) is 24.3. The molecule has 182 valence electrons. The number of piperidine rings is 1. The van der Waals surface area contributed by atoms with Gasteiger partial charge in [-0.15, -0.1) is 0 Å². The molecule has 7 nitrogen and oxygen atoms in total. The van der Waals surface area contributed by atoms with E-state index in [-0.39, 0.29) is 11.9 Å². The first-order valence-corrected chi connectivity index (χ1v) is 12.1. The number of hydrogen-bond acceptors (Lipinski definition) is 6. The van der Waals surface area contributed by atoms with Crippen molar-refractivity contribution >= 4 is 17.5 Å². The lowest BCUT2D eigenvalue weighted by Gasteiger charge is -2.37. The summed E-state index contributed by atoms with van der Waals surface area (Å²) in [7, 11) is 0. The molecule has 2 N–H and O–H groups in total. The van der Waals surface area contributed by atoms with Gasteiger partial charge in [0.05, 0.1) is 5.56 Å². The monoisotopic (exact) mass is 471 g/mol. The summed E-state index contributed by atoms with van der Waals surface area (Å²) in [4.78, 5) is 25.1. The van der Waals surface area contributed by atoms with E-state index in [0.717, 1.165) is 60.9 Å². The van der Waals surface area contributed by atoms with E-state index in [1.54, 1.807) is 0 Å². The Bertz CT molecular complexity index is 1140. The number of hydrogen-bond donors (Lipinski definition) is 1. The summed E-state index contributed by atoms with van der Waals surface area (Å²) >= 11 is 0. The van der Waals surface area contributed by atoms with Crippen LogP contribution in [0.2, 0.25) is 0 Å². The van der Waals surface area contributed by atoms with Crippen molar-refractivity contribution in [3.05, 3.63) is 73.6 Å². The second-order valence-corrected chi connectivity index (χ2v) is 9.12. The largest absolute Gasteiger partial charge is 0.457 e. The fourth-order valence-corrected chi connectivity index (χ4v) is 4.48. The highest BCUT2D eigenvalue weighted by Crippen LogP contribution is 2.36. The van der Waals surface area contributed by atoms with Gasteiger partial charge >= 0.3 is 0 Å². The molecule has 7 heteroatoms. The second kappa shape index (κ2) is 11.0. The molecule has 1 aromatic heterocycles. The highest BCUT2D eigenvalue weighted by atomic mass is 16.5. The van der Waals surface area contributed by atoms with Crippen LogP contribution in [0.5, 0.6) is 11.5 Å². The number of likely N-dealkylation sites (tertiary alicyclic amines) is 1. The van der Waals surface area contributed by atoms with Gasteiger partial charge in [0.25, 0.3) is 0 Å². The van der Waals surface area contributed by atoms with Gasteiger partial charge in [0.2, 0.25) is 5.91 Å². The van der Waals surface area contributed by atoms with Gasteiger partial charge in [-0.05, 0) is 68.5 Å². The highest BCUT2D eigenvalue weighted by Gasteiger charge is 2.27. The molecule has 0 atom stereocenters. The molecule has 0 saturated carbocycles. The minimum absolute atomic E-state index is 0.00900. The molecular formula is C28H33N5O2. The number of nitrogens with two attached hydrogens (primary N) is 1. The van der Waals surface area contributed by atoms with Gasteiger partial charge in [0, 0.05) is 25.7 Å². The first-order chi connectivity index (χ1) is 17.0. The molecule has 1 saturated heterocycles. The molecule has 1 aliphatic rings. The van der Waals surface area contributed by atoms with Gasteiger partial charge in [0.15, 0.2) is 0 Å². The quantitative estimate of drug-likeness (QED) is 0.457. The van der Waals surface area contributed by atoms with Gasteiger partial charge in [-0.2, -0.15) is 0 Å². The van der Waals surface area contributed by atoms with E-state index in [1.807, 2.05) is 59.5 Å². The maximum Gasteiger partial charge on any atom is 0.245 e. The van der Waals surface area contributed by atoms with Crippen LogP contribution in [0.15, 0.2) is 73.6 Å². The number of aromatic nitrogens is 2. The van der Waals surface area contributed by atoms with Crippen molar-refractivity contribution in [1.29, 1.82) is 0 Å². The van der Waals surface area contributed by atoms with E-state index in [0.29, 0.717) is 11.7 Å². The molecule has 1 amide bonds. The Morgan fingerprint density at radius 1 is 1.11 bits per heavy atom. The lowest BCUT2D eigenvalue weighted by Crippen LogP contribution is -2.43. The Balaban J connectivity index is 1.55. The molecule has 4 rings (SSSR count). The third kappa shape index (κ3) is 5.80. The van der Waals surface area contributed by atoms with E-state index in [4.69, 9.17) is 10.5 Å². The van der Waals surface area contributed by atoms with Crippen LogP contribution < -0.4 is 15.4 Å². The summed E-state index contributed by atoms with van der Waals surface area (Å²) in [6.45, 7) is 10.3. The second-order valence-electron chi connectivity index (χ2n) is 9.12. The predicted molar refractivity (Wildman–Crippen MR) is 140 cm³/mol. The molecule has 0 unspecified atom stereocenters. The van der Waals surface area contributed by atoms with E-state index < -0.39 is 0 Å². The number of anilines is 2. The first-order valence-electron chi connectivity index (χ1n) is 12.1. The summed E-state index contributed by atoms with van der Waals surface area (Å²) in [6, 6.07) is 17.8. The molecule has 0 spiro atoms. The van der Waals surface area contributed by atoms with Gasteiger partial charge < -0.3 is 20.3 Å². The third-order valence-corrected chi connectivity index (χ3v) is 6.43. The van der Waals surface area contributed by atoms with Crippen molar-refractivity contribution in [3.8, 4) is 22.6 Å². The Labute approximate surface area is 207 Å². The highest BCUT2D eigenvalue weighted by molar-refractivity contribution is 5.87. The average Bonchev–Trinajstić information content (AvgIpc) is 2.88. The van der Waals surface area contributed by atoms with Crippen molar-refractivity contribution in [1.82, 2.24) is 14.9 Å². The number of rotatable bonds is 8. The number of benzene rings is 2. The van der Waals surface area contributed by atoms with Gasteiger partial charge in [-0.1, -0.05) is 36.9 Å². The number of carbonyl (C=O) groups is 1. The molecule has 0 aliphatic carbocycles. The van der Waals surface area contributed by atoms with Crippen molar-refractivity contribution in [2.75, 3.05) is 30.3 Å². The third-order valence-electron chi connectivity index (χ3n) is 6.43. The van der Waals surface area contributed by atoms with Crippen LogP contribution in [-0.2, 0) is 4.79 Å². The summed E-state index contributed by atoms with van der Waals surface area (Å²) in [6.07, 6.45) is 4.82. The van der Waals surface area contributed by atoms with Gasteiger partial charge in [-0.25, -0.2) is 9.97 Å². The Hall–Kier alpha value is -3.87. The zero-order chi connectivity index (χ0) is 24.8. The van der Waals surface area contributed by atoms with Crippen LogP contribution in [0.4, 0.5) is 11.6 Å². The van der Waals surface area contributed by atoms with Crippen molar-refractivity contribution in [2.24, 2.45) is 5.92 Å². The van der Waals surface area contributed by atoms with Crippen LogP contribution in [0.25, 0.3) is 11.1 Å². The summed E-state index contributed by atoms with van der Waals surface area (Å²) in [5.41, 5.74) is 8.16. The standard InChI is InChI=1S/C28H33N5O2/c1-4-25(34)32-16-14-21(15-17-32)18-33(20(2)3)28-26(27(29)30-19-31-28)22-10-12-24(13-11-22)35-23-8-6-5-7-9-23/h4-13,19-21H,1,14-18H2,2-3H3,(H2,29,30,31). The molecular weight excluding hydrogens is 438 g/mol. The maximum atomic E-state index is 11.9. The number of amides is 1. The molecule has 1 aliphatic heterocycles. The lowest BCUT2D eigenvalue weighted by atomic mass is 9.95. The minimum Gasteiger partial charge on any atom is -0.457 e. The molecule has 35 heavy (non-hydrogen) atoms. The normalized spacial score (nSPS) is 14.1. The Morgan fingerprint density at radius 2 is 1.77 bits per heavy atom. The van der Waals surface area contributed by atoms with Crippen LogP contribution in [0.1, 0.15) is 26.7 Å². The van der Waals surface area contributed by atoms with E-state index in [9.17, 15) is 4.79 Å². The topological polar surface area (TPSA) is 84.6 Å². The summed E-state index contributed by atoms with van der Waals surface area (Å²) < 4.78 is 5.94. The predicted octanol–water partition coefficient (Wildman–Crippen LogP) is 5.16. The van der Waals surface area contributed by atoms with Crippen molar-refractivity contribution in [2.45, 2.75) is 32.7 Å². The van der Waals surface area contributed by atoms with E-state index in [1.165, 1.54) is 12.4 Å². The smallest absolute Gasteiger partial charge is 0.245 e. The molecule has 0 radical (unpaired) electrons. The van der Waals surface area contributed by atoms with Gasteiger partial charge in [0.1, 0.15) is 29.5 Å². The maximum absolute atomic E-state index is 11.9. The van der Waals surface area contributed by atoms with Crippen LogP contribution >= 0.6 is 0 Å². The van der Waals surface area contributed by atoms with Gasteiger partial charge in [-0.3, -0.25) is 4.79 Å². The van der Waals surface area contributed by atoms with Crippen LogP contribution in [-0.4, -0.2) is 46.5 Å². The summed E-state index contributed by atoms with van der Waals surface area (Å²) in [5.74, 6) is 3.28. The number of nitrogen functional groups attached to an aromatic ring is 1. The van der Waals surface area contributed by atoms with E-state index in [2.05, 4.69) is 35.3 Å². The Morgan fingerprint density at radius 3 is 2.40 bits per heavy atom. The zero-order valence-electron chi connectivity index (χ0n) is 20.4. The van der Waals surface area contributed by atoms with Crippen molar-refractivity contribution in [3.63, 3.8) is 0 Å². The van der Waals surface area contributed by atoms with Crippen molar-refractivity contribution < 1.29 is 9.53 Å². The molecule has 2 aromatic carbocycles. The van der Waals surface area contributed by atoms with E-state index >= 15 is 0 Å². The molecule has 2 heterocycles.